The fourth-order valence-electron chi connectivity index (χ4n) is 2.34. The highest BCUT2D eigenvalue weighted by Crippen LogP contribution is 2.22. The smallest absolute Gasteiger partial charge is 0.191 e. The molecule has 25 heavy (non-hydrogen) atoms. The highest BCUT2D eigenvalue weighted by molar-refractivity contribution is 7.98. The van der Waals surface area contributed by atoms with Gasteiger partial charge in [-0.3, -0.25) is 0 Å². The van der Waals surface area contributed by atoms with Crippen molar-refractivity contribution < 1.29 is 9.13 Å². The van der Waals surface area contributed by atoms with Gasteiger partial charge in [-0.25, -0.2) is 4.39 Å². The Morgan fingerprint density at radius 1 is 1.08 bits per heavy atom. The lowest BCUT2D eigenvalue weighted by atomic mass is 10.2. The predicted octanol–water partition coefficient (Wildman–Crippen LogP) is 4.39. The van der Waals surface area contributed by atoms with Gasteiger partial charge in [0.1, 0.15) is 18.2 Å². The van der Waals surface area contributed by atoms with Crippen molar-refractivity contribution in [3.8, 4) is 5.75 Å². The van der Waals surface area contributed by atoms with E-state index in [1.54, 1.807) is 6.07 Å². The van der Waals surface area contributed by atoms with Crippen LogP contribution in [-0.4, -0.2) is 14.8 Å². The molecule has 0 saturated heterocycles. The second-order valence-corrected chi connectivity index (χ2v) is 6.61. The summed E-state index contributed by atoms with van der Waals surface area (Å²) in [6.07, 6.45) is 1.01. The SMILES string of the molecule is CCc1ccc(OCc2nnc(SCc3cccc(F)c3)n2C)cc1. The molecule has 0 spiro atoms. The second kappa shape index (κ2) is 8.16. The second-order valence-electron chi connectivity index (χ2n) is 5.66. The molecule has 0 saturated carbocycles. The number of benzene rings is 2. The van der Waals surface area contributed by atoms with Crippen LogP contribution in [0.2, 0.25) is 0 Å². The molecule has 0 aliphatic rings. The predicted molar refractivity (Wildman–Crippen MR) is 97.1 cm³/mol. The van der Waals surface area contributed by atoms with Crippen molar-refractivity contribution in [2.75, 3.05) is 0 Å². The molecule has 0 aliphatic heterocycles. The molecule has 3 rings (SSSR count). The van der Waals surface area contributed by atoms with Crippen LogP contribution in [-0.2, 0) is 25.8 Å². The summed E-state index contributed by atoms with van der Waals surface area (Å²) in [5.41, 5.74) is 2.20. The molecule has 6 heteroatoms. The molecule has 130 valence electrons. The Balaban J connectivity index is 1.58. The van der Waals surface area contributed by atoms with E-state index in [9.17, 15) is 4.39 Å². The molecule has 0 N–H and O–H groups in total. The third-order valence-electron chi connectivity index (χ3n) is 3.88. The molecule has 1 heterocycles. The lowest BCUT2D eigenvalue weighted by Crippen LogP contribution is -2.04. The van der Waals surface area contributed by atoms with Gasteiger partial charge in [-0.05, 0) is 41.8 Å². The fraction of sp³-hybridized carbons (Fsp3) is 0.263. The summed E-state index contributed by atoms with van der Waals surface area (Å²) in [4.78, 5) is 0. The summed E-state index contributed by atoms with van der Waals surface area (Å²) in [5.74, 6) is 1.98. The number of ether oxygens (including phenoxy) is 1. The minimum Gasteiger partial charge on any atom is -0.486 e. The van der Waals surface area contributed by atoms with E-state index >= 15 is 0 Å². The van der Waals surface area contributed by atoms with E-state index in [0.29, 0.717) is 12.4 Å². The third-order valence-corrected chi connectivity index (χ3v) is 4.97. The largest absolute Gasteiger partial charge is 0.486 e. The molecule has 0 bridgehead atoms. The van der Waals surface area contributed by atoms with Crippen LogP contribution in [0, 0.1) is 5.82 Å². The summed E-state index contributed by atoms with van der Waals surface area (Å²) >= 11 is 1.52. The zero-order chi connectivity index (χ0) is 17.6. The van der Waals surface area contributed by atoms with Gasteiger partial charge in [0.15, 0.2) is 11.0 Å². The molecule has 0 atom stereocenters. The van der Waals surface area contributed by atoms with Crippen molar-refractivity contribution in [1.82, 2.24) is 14.8 Å². The summed E-state index contributed by atoms with van der Waals surface area (Å²) in [6.45, 7) is 2.48. The van der Waals surface area contributed by atoms with E-state index in [2.05, 4.69) is 29.3 Å². The maximum atomic E-state index is 13.2. The van der Waals surface area contributed by atoms with E-state index in [0.717, 1.165) is 28.7 Å². The summed E-state index contributed by atoms with van der Waals surface area (Å²) in [7, 11) is 1.91. The van der Waals surface area contributed by atoms with Gasteiger partial charge in [-0.15, -0.1) is 10.2 Å². The molecule has 0 unspecified atom stereocenters. The zero-order valence-corrected chi connectivity index (χ0v) is 15.1. The maximum Gasteiger partial charge on any atom is 0.191 e. The van der Waals surface area contributed by atoms with Gasteiger partial charge in [0, 0.05) is 12.8 Å². The van der Waals surface area contributed by atoms with Gasteiger partial charge in [-0.2, -0.15) is 0 Å². The Bertz CT molecular complexity index is 833. The summed E-state index contributed by atoms with van der Waals surface area (Å²) in [6, 6.07) is 14.6. The van der Waals surface area contributed by atoms with Gasteiger partial charge < -0.3 is 9.30 Å². The molecular formula is C19H20FN3OS. The quantitative estimate of drug-likeness (QED) is 0.588. The average molecular weight is 357 g/mol. The number of thioether (sulfide) groups is 1. The van der Waals surface area contributed by atoms with Crippen molar-refractivity contribution in [2.45, 2.75) is 30.9 Å². The minimum absolute atomic E-state index is 0.223. The molecule has 2 aromatic carbocycles. The van der Waals surface area contributed by atoms with Crippen molar-refractivity contribution in [1.29, 1.82) is 0 Å². The number of hydrogen-bond donors (Lipinski definition) is 0. The third kappa shape index (κ3) is 4.60. The Hall–Kier alpha value is -2.34. The summed E-state index contributed by atoms with van der Waals surface area (Å²) in [5, 5.41) is 9.16. The fourth-order valence-corrected chi connectivity index (χ4v) is 3.21. The van der Waals surface area contributed by atoms with Crippen molar-refractivity contribution in [2.24, 2.45) is 7.05 Å². The zero-order valence-electron chi connectivity index (χ0n) is 14.3. The Morgan fingerprint density at radius 2 is 1.88 bits per heavy atom. The van der Waals surface area contributed by atoms with E-state index in [4.69, 9.17) is 4.74 Å². The number of nitrogens with zero attached hydrogens (tertiary/aromatic N) is 3. The van der Waals surface area contributed by atoms with Gasteiger partial charge in [0.05, 0.1) is 0 Å². The number of aromatic nitrogens is 3. The van der Waals surface area contributed by atoms with Gasteiger partial charge in [0.2, 0.25) is 0 Å². The molecule has 1 aromatic heterocycles. The molecule has 0 fully saturated rings. The van der Waals surface area contributed by atoms with Crippen LogP contribution in [0.5, 0.6) is 5.75 Å². The molecule has 0 amide bonds. The van der Waals surface area contributed by atoms with Crippen molar-refractivity contribution >= 4 is 11.8 Å². The first-order chi connectivity index (χ1) is 12.2. The Kier molecular flexibility index (Phi) is 5.71. The number of hydrogen-bond acceptors (Lipinski definition) is 4. The average Bonchev–Trinajstić information content (AvgIpc) is 2.98. The normalized spacial score (nSPS) is 10.8. The molecule has 0 radical (unpaired) electrons. The maximum absolute atomic E-state index is 13.2. The first-order valence-electron chi connectivity index (χ1n) is 8.13. The van der Waals surface area contributed by atoms with E-state index in [-0.39, 0.29) is 5.82 Å². The van der Waals surface area contributed by atoms with Crippen molar-refractivity contribution in [3.63, 3.8) is 0 Å². The number of aryl methyl sites for hydroxylation is 1. The number of rotatable bonds is 7. The lowest BCUT2D eigenvalue weighted by molar-refractivity contribution is 0.290. The highest BCUT2D eigenvalue weighted by Gasteiger charge is 2.10. The molecule has 4 nitrogen and oxygen atoms in total. The highest BCUT2D eigenvalue weighted by atomic mass is 32.2. The summed E-state index contributed by atoms with van der Waals surface area (Å²) < 4.78 is 20.9. The Morgan fingerprint density at radius 3 is 2.60 bits per heavy atom. The Labute approximate surface area is 151 Å². The molecule has 0 aliphatic carbocycles. The van der Waals surface area contributed by atoms with Crippen molar-refractivity contribution in [3.05, 3.63) is 71.3 Å². The first kappa shape index (κ1) is 17.5. The van der Waals surface area contributed by atoms with Crippen LogP contribution in [0.3, 0.4) is 0 Å². The van der Waals surface area contributed by atoms with Crippen LogP contribution < -0.4 is 4.74 Å². The van der Waals surface area contributed by atoms with Gasteiger partial charge >= 0.3 is 0 Å². The van der Waals surface area contributed by atoms with E-state index in [1.165, 1.54) is 29.5 Å². The lowest BCUT2D eigenvalue weighted by Gasteiger charge is -2.07. The monoisotopic (exact) mass is 357 g/mol. The van der Waals surface area contributed by atoms with Gasteiger partial charge in [0.25, 0.3) is 0 Å². The van der Waals surface area contributed by atoms with Crippen LogP contribution in [0.4, 0.5) is 4.39 Å². The van der Waals surface area contributed by atoms with E-state index < -0.39 is 0 Å². The standard InChI is InChI=1S/C19H20FN3OS/c1-3-14-7-9-17(10-8-14)24-12-18-21-22-19(23(18)2)25-13-15-5-4-6-16(20)11-15/h4-11H,3,12-13H2,1-2H3. The van der Waals surface area contributed by atoms with Crippen LogP contribution >= 0.6 is 11.8 Å². The van der Waals surface area contributed by atoms with Gasteiger partial charge in [-0.1, -0.05) is 43.0 Å². The topological polar surface area (TPSA) is 39.9 Å². The molecule has 3 aromatic rings. The number of halogens is 1. The van der Waals surface area contributed by atoms with Crippen LogP contribution in [0.25, 0.3) is 0 Å². The minimum atomic E-state index is -0.223. The first-order valence-corrected chi connectivity index (χ1v) is 9.11. The van der Waals surface area contributed by atoms with Crippen LogP contribution in [0.1, 0.15) is 23.9 Å². The van der Waals surface area contributed by atoms with Crippen LogP contribution in [0.15, 0.2) is 53.7 Å². The van der Waals surface area contributed by atoms with E-state index in [1.807, 2.05) is 29.8 Å². The molecular weight excluding hydrogens is 337 g/mol.